The summed E-state index contributed by atoms with van der Waals surface area (Å²) in [6, 6.07) is 7.84. The smallest absolute Gasteiger partial charge is 0.235 e. The summed E-state index contributed by atoms with van der Waals surface area (Å²) in [5, 5.41) is 13.3. The summed E-state index contributed by atoms with van der Waals surface area (Å²) in [5.74, 6) is -1.73. The highest BCUT2D eigenvalue weighted by molar-refractivity contribution is 5.79. The van der Waals surface area contributed by atoms with Crippen LogP contribution in [0.2, 0.25) is 0 Å². The minimum absolute atomic E-state index is 0.00772. The molecule has 5 rings (SSSR count). The number of fused-ring (bicyclic) bond motifs is 1. The van der Waals surface area contributed by atoms with E-state index < -0.39 is 17.0 Å². The molecule has 1 amide bonds. The van der Waals surface area contributed by atoms with Gasteiger partial charge in [0.1, 0.15) is 17.5 Å². The first-order valence-electron chi connectivity index (χ1n) is 10.4. The molecule has 0 radical (unpaired) electrons. The Morgan fingerprint density at radius 2 is 1.94 bits per heavy atom. The highest BCUT2D eigenvalue weighted by atomic mass is 19.1. The zero-order chi connectivity index (χ0) is 22.5. The van der Waals surface area contributed by atoms with Gasteiger partial charge in [0, 0.05) is 17.4 Å². The molecule has 2 N–H and O–H groups in total. The van der Waals surface area contributed by atoms with Crippen molar-refractivity contribution in [1.82, 2.24) is 15.5 Å². The zero-order valence-corrected chi connectivity index (χ0v) is 17.2. The Balaban J connectivity index is 1.40. The van der Waals surface area contributed by atoms with Crippen LogP contribution in [0.4, 0.5) is 18.9 Å². The van der Waals surface area contributed by atoms with Crippen molar-refractivity contribution in [2.75, 3.05) is 5.32 Å². The van der Waals surface area contributed by atoms with Crippen LogP contribution in [0.15, 0.2) is 47.2 Å². The Morgan fingerprint density at radius 3 is 2.62 bits per heavy atom. The first-order valence-corrected chi connectivity index (χ1v) is 10.4. The van der Waals surface area contributed by atoms with Crippen molar-refractivity contribution in [2.24, 2.45) is 11.8 Å². The number of carbonyl (C=O) groups is 1. The molecule has 6 nitrogen and oxygen atoms in total. The average molecular weight is 442 g/mol. The Labute approximate surface area is 182 Å². The molecule has 1 aliphatic carbocycles. The van der Waals surface area contributed by atoms with Gasteiger partial charge >= 0.3 is 0 Å². The van der Waals surface area contributed by atoms with Gasteiger partial charge in [0.25, 0.3) is 0 Å². The lowest BCUT2D eigenvalue weighted by atomic mass is 9.56. The molecule has 2 aliphatic rings. The molecule has 0 spiro atoms. The molecule has 9 heteroatoms. The maximum absolute atomic E-state index is 14.6. The van der Waals surface area contributed by atoms with Crippen LogP contribution in [0, 0.1) is 29.3 Å². The molecule has 1 saturated carbocycles. The summed E-state index contributed by atoms with van der Waals surface area (Å²) < 4.78 is 47.3. The number of aromatic nitrogens is 2. The highest BCUT2D eigenvalue weighted by Crippen LogP contribution is 2.59. The van der Waals surface area contributed by atoms with Crippen molar-refractivity contribution in [3.8, 4) is 0 Å². The second-order valence-corrected chi connectivity index (χ2v) is 8.64. The Morgan fingerprint density at radius 1 is 1.19 bits per heavy atom. The molecule has 2 unspecified atom stereocenters. The number of carbonyl (C=O) groups excluding carboxylic acids is 1. The number of hydrogen-bond donors (Lipinski definition) is 2. The van der Waals surface area contributed by atoms with Crippen LogP contribution in [-0.4, -0.2) is 16.1 Å². The van der Waals surface area contributed by atoms with Gasteiger partial charge in [0.15, 0.2) is 0 Å². The normalized spacial score (nSPS) is 26.2. The van der Waals surface area contributed by atoms with Crippen molar-refractivity contribution in [3.63, 3.8) is 0 Å². The molecule has 166 valence electrons. The van der Waals surface area contributed by atoms with E-state index >= 15 is 0 Å². The van der Waals surface area contributed by atoms with Gasteiger partial charge < -0.3 is 15.1 Å². The molecule has 0 saturated heterocycles. The monoisotopic (exact) mass is 442 g/mol. The van der Waals surface area contributed by atoms with E-state index in [0.717, 1.165) is 11.6 Å². The van der Waals surface area contributed by atoms with Crippen LogP contribution in [0.25, 0.3) is 0 Å². The first kappa shape index (κ1) is 20.5. The molecular weight excluding hydrogens is 421 g/mol. The van der Waals surface area contributed by atoms with Gasteiger partial charge in [-0.05, 0) is 48.1 Å². The summed E-state index contributed by atoms with van der Waals surface area (Å²) in [6.07, 6.45) is 2.31. The van der Waals surface area contributed by atoms with Crippen LogP contribution in [-0.2, 0) is 16.8 Å². The van der Waals surface area contributed by atoms with Crippen LogP contribution in [0.5, 0.6) is 0 Å². The van der Waals surface area contributed by atoms with Gasteiger partial charge in [-0.3, -0.25) is 4.79 Å². The van der Waals surface area contributed by atoms with E-state index in [0.29, 0.717) is 24.3 Å². The third-order valence-electron chi connectivity index (χ3n) is 6.90. The minimum Gasteiger partial charge on any atom is -0.426 e. The van der Waals surface area contributed by atoms with Crippen LogP contribution in [0.1, 0.15) is 42.8 Å². The summed E-state index contributed by atoms with van der Waals surface area (Å²) in [5.41, 5.74) is 0.889. The quantitative estimate of drug-likeness (QED) is 0.618. The Kier molecular flexibility index (Phi) is 4.91. The molecule has 32 heavy (non-hydrogen) atoms. The van der Waals surface area contributed by atoms with Crippen molar-refractivity contribution >= 4 is 11.6 Å². The molecule has 3 aromatic rings. The van der Waals surface area contributed by atoms with E-state index in [1.54, 1.807) is 12.1 Å². The average Bonchev–Trinajstić information content (AvgIpc) is 3.33. The van der Waals surface area contributed by atoms with E-state index in [1.807, 2.05) is 6.92 Å². The lowest BCUT2D eigenvalue weighted by molar-refractivity contribution is -0.130. The van der Waals surface area contributed by atoms with Crippen molar-refractivity contribution in [1.29, 1.82) is 0 Å². The van der Waals surface area contributed by atoms with Gasteiger partial charge in [-0.1, -0.05) is 19.1 Å². The number of nitrogens with one attached hydrogen (secondary N) is 2. The SMILES string of the molecule is CC1(C2CC(C(=O)NCc3nnco3)C2)c2cc(F)cc(F)c2NC1c1ccc(F)cc1. The maximum Gasteiger partial charge on any atom is 0.235 e. The van der Waals surface area contributed by atoms with Gasteiger partial charge in [-0.2, -0.15) is 0 Å². The number of anilines is 1. The fourth-order valence-corrected chi connectivity index (χ4v) is 5.04. The molecule has 2 atom stereocenters. The van der Waals surface area contributed by atoms with E-state index in [9.17, 15) is 18.0 Å². The minimum atomic E-state index is -0.681. The summed E-state index contributed by atoms with van der Waals surface area (Å²) in [6.45, 7) is 2.10. The second kappa shape index (κ2) is 7.65. The Hall–Kier alpha value is -3.36. The maximum atomic E-state index is 14.6. The molecular formula is C23H21F3N4O2. The third kappa shape index (κ3) is 3.32. The fourth-order valence-electron chi connectivity index (χ4n) is 5.04. The first-order chi connectivity index (χ1) is 15.4. The predicted molar refractivity (Wildman–Crippen MR) is 109 cm³/mol. The number of rotatable bonds is 5. The van der Waals surface area contributed by atoms with Gasteiger partial charge in [-0.15, -0.1) is 10.2 Å². The second-order valence-electron chi connectivity index (χ2n) is 8.64. The summed E-state index contributed by atoms with van der Waals surface area (Å²) in [4.78, 5) is 12.5. The number of benzene rings is 2. The lowest BCUT2D eigenvalue weighted by Gasteiger charge is -2.48. The number of nitrogens with zero attached hydrogens (tertiary/aromatic N) is 2. The lowest BCUT2D eigenvalue weighted by Crippen LogP contribution is -2.48. The van der Waals surface area contributed by atoms with E-state index in [4.69, 9.17) is 4.42 Å². The van der Waals surface area contributed by atoms with Crippen LogP contribution < -0.4 is 10.6 Å². The highest BCUT2D eigenvalue weighted by Gasteiger charge is 2.55. The standard InChI is InChI=1S/C23H21F3N4O2/c1-23(14-6-13(7-14)22(31)27-10-19-30-28-11-32-19)17-8-16(25)9-18(26)20(17)29-21(23)12-2-4-15(24)5-3-12/h2-5,8-9,11,13-14,21,29H,6-7,10H2,1H3,(H,27,31). The predicted octanol–water partition coefficient (Wildman–Crippen LogP) is 4.25. The van der Waals surface area contributed by atoms with Crippen molar-refractivity contribution in [2.45, 2.75) is 37.8 Å². The third-order valence-corrected chi connectivity index (χ3v) is 6.90. The van der Waals surface area contributed by atoms with E-state index in [-0.39, 0.29) is 41.8 Å². The molecule has 2 heterocycles. The number of amides is 1. The summed E-state index contributed by atoms with van der Waals surface area (Å²) in [7, 11) is 0. The zero-order valence-electron chi connectivity index (χ0n) is 17.2. The van der Waals surface area contributed by atoms with Crippen LogP contribution >= 0.6 is 0 Å². The van der Waals surface area contributed by atoms with Crippen LogP contribution in [0.3, 0.4) is 0 Å². The van der Waals surface area contributed by atoms with Gasteiger partial charge in [0.2, 0.25) is 18.2 Å². The molecule has 1 aromatic heterocycles. The molecule has 1 fully saturated rings. The van der Waals surface area contributed by atoms with E-state index in [1.165, 1.54) is 24.6 Å². The summed E-state index contributed by atoms with van der Waals surface area (Å²) >= 11 is 0. The van der Waals surface area contributed by atoms with E-state index in [2.05, 4.69) is 20.8 Å². The topological polar surface area (TPSA) is 80.1 Å². The fraction of sp³-hybridized carbons (Fsp3) is 0.348. The Bertz CT molecular complexity index is 1150. The largest absolute Gasteiger partial charge is 0.426 e. The van der Waals surface area contributed by atoms with Crippen molar-refractivity contribution < 1.29 is 22.4 Å². The molecule has 2 aromatic carbocycles. The molecule has 1 aliphatic heterocycles. The molecule has 0 bridgehead atoms. The van der Waals surface area contributed by atoms with Gasteiger partial charge in [-0.25, -0.2) is 13.2 Å². The number of hydrogen-bond acceptors (Lipinski definition) is 5. The van der Waals surface area contributed by atoms with Gasteiger partial charge in [0.05, 0.1) is 18.3 Å². The van der Waals surface area contributed by atoms with Crippen molar-refractivity contribution in [3.05, 3.63) is 77.3 Å². The number of halogens is 3.